The van der Waals surface area contributed by atoms with Crippen LogP contribution >= 0.6 is 47.1 Å². The van der Waals surface area contributed by atoms with Crippen molar-refractivity contribution >= 4 is 47.1 Å². The predicted molar refractivity (Wildman–Crippen MR) is 44.3 cm³/mol. The van der Waals surface area contributed by atoms with Crippen molar-refractivity contribution in [1.29, 1.82) is 0 Å². The van der Waals surface area contributed by atoms with Crippen molar-refractivity contribution < 1.29 is 0 Å². The molecule has 0 radical (unpaired) electrons. The maximum atomic E-state index is 4.01. The molecule has 38 valence electrons. The highest BCUT2D eigenvalue weighted by Gasteiger charge is 2.07. The summed E-state index contributed by atoms with van der Waals surface area (Å²) in [5, 5.41) is 0. The molecule has 1 atom stereocenters. The Morgan fingerprint density at radius 2 is 1.67 bits per heavy atom. The Kier molecular flexibility index (Phi) is 3.37. The summed E-state index contributed by atoms with van der Waals surface area (Å²) in [6, 6.07) is 0. The molecule has 0 N–H and O–H groups in total. The van der Waals surface area contributed by atoms with Crippen molar-refractivity contribution in [2.45, 2.75) is 3.82 Å². The van der Waals surface area contributed by atoms with Crippen molar-refractivity contribution in [3.63, 3.8) is 0 Å². The minimum atomic E-state index is -0.289. The highest BCUT2D eigenvalue weighted by Crippen LogP contribution is 2.27. The standard InChI is InChI=1S/C2H7PS3/c3-2(5,6)1-4/h4-6H,1,3H2. The fourth-order valence-corrected chi connectivity index (χ4v) is 0. The van der Waals surface area contributed by atoms with Crippen LogP contribution in [0.25, 0.3) is 0 Å². The van der Waals surface area contributed by atoms with Crippen molar-refractivity contribution in [1.82, 2.24) is 0 Å². The quantitative estimate of drug-likeness (QED) is 0.286. The zero-order valence-electron chi connectivity index (χ0n) is 3.13. The summed E-state index contributed by atoms with van der Waals surface area (Å²) < 4.78 is -0.289. The second kappa shape index (κ2) is 2.71. The highest BCUT2D eigenvalue weighted by atomic mass is 32.2. The summed E-state index contributed by atoms with van der Waals surface area (Å²) in [6.07, 6.45) is 0. The predicted octanol–water partition coefficient (Wildman–Crippen LogP) is 1.30. The van der Waals surface area contributed by atoms with Gasteiger partial charge in [-0.2, -0.15) is 37.9 Å². The number of hydrogen-bond acceptors (Lipinski definition) is 3. The van der Waals surface area contributed by atoms with E-state index in [1.807, 2.05) is 0 Å². The SMILES string of the molecule is PC(S)(S)CS. The first-order valence-electron chi connectivity index (χ1n) is 1.41. The molecule has 1 unspecified atom stereocenters. The molecular weight excluding hydrogens is 151 g/mol. The summed E-state index contributed by atoms with van der Waals surface area (Å²) in [5.41, 5.74) is 0. The number of hydrogen-bond donors (Lipinski definition) is 3. The van der Waals surface area contributed by atoms with E-state index >= 15 is 0 Å². The third-order valence-electron chi connectivity index (χ3n) is 0.233. The Labute approximate surface area is 56.9 Å². The molecule has 0 amide bonds. The molecule has 0 rings (SSSR count). The van der Waals surface area contributed by atoms with Crippen LogP contribution in [0.4, 0.5) is 0 Å². The Hall–Kier alpha value is 1.48. The number of rotatable bonds is 1. The molecule has 0 aliphatic rings. The molecule has 0 aromatic rings. The van der Waals surface area contributed by atoms with Crippen molar-refractivity contribution in [3.05, 3.63) is 0 Å². The molecule has 0 nitrogen and oxygen atoms in total. The maximum Gasteiger partial charge on any atom is 0.0775 e. The van der Waals surface area contributed by atoms with Crippen molar-refractivity contribution in [2.75, 3.05) is 5.75 Å². The monoisotopic (exact) mass is 158 g/mol. The van der Waals surface area contributed by atoms with Crippen molar-refractivity contribution in [3.8, 4) is 0 Å². The van der Waals surface area contributed by atoms with Gasteiger partial charge in [-0.1, -0.05) is 0 Å². The molecule has 0 aliphatic carbocycles. The fourth-order valence-electron chi connectivity index (χ4n) is 0. The Morgan fingerprint density at radius 3 is 1.67 bits per heavy atom. The van der Waals surface area contributed by atoms with E-state index in [2.05, 4.69) is 47.1 Å². The van der Waals surface area contributed by atoms with Gasteiger partial charge in [0, 0.05) is 5.75 Å². The van der Waals surface area contributed by atoms with E-state index in [0.717, 1.165) is 0 Å². The molecule has 0 aromatic carbocycles. The first-order chi connectivity index (χ1) is 2.56. The average molecular weight is 158 g/mol. The minimum absolute atomic E-state index is 0.289. The topological polar surface area (TPSA) is 0 Å². The molecule has 0 spiro atoms. The molecule has 0 bridgehead atoms. The van der Waals surface area contributed by atoms with E-state index in [1.165, 1.54) is 0 Å². The lowest BCUT2D eigenvalue weighted by Crippen LogP contribution is -2.01. The van der Waals surface area contributed by atoms with E-state index in [-0.39, 0.29) is 3.82 Å². The van der Waals surface area contributed by atoms with E-state index in [0.29, 0.717) is 5.75 Å². The fraction of sp³-hybridized carbons (Fsp3) is 1.00. The van der Waals surface area contributed by atoms with Crippen LogP contribution < -0.4 is 0 Å². The first kappa shape index (κ1) is 7.48. The molecule has 0 saturated carbocycles. The summed E-state index contributed by atoms with van der Waals surface area (Å²) in [5.74, 6) is 0.657. The minimum Gasteiger partial charge on any atom is -0.177 e. The van der Waals surface area contributed by atoms with Crippen LogP contribution in [0.15, 0.2) is 0 Å². The van der Waals surface area contributed by atoms with Crippen LogP contribution in [-0.2, 0) is 0 Å². The van der Waals surface area contributed by atoms with Gasteiger partial charge in [0.2, 0.25) is 0 Å². The third kappa shape index (κ3) is 5.48. The van der Waals surface area contributed by atoms with E-state index in [1.54, 1.807) is 0 Å². The van der Waals surface area contributed by atoms with Crippen LogP contribution in [0.3, 0.4) is 0 Å². The van der Waals surface area contributed by atoms with Crippen LogP contribution in [0.1, 0.15) is 0 Å². The van der Waals surface area contributed by atoms with Gasteiger partial charge in [-0.3, -0.25) is 0 Å². The third-order valence-corrected chi connectivity index (χ3v) is 2.09. The second-order valence-electron chi connectivity index (χ2n) is 1.04. The van der Waals surface area contributed by atoms with Gasteiger partial charge in [-0.25, -0.2) is 0 Å². The summed E-state index contributed by atoms with van der Waals surface area (Å²) in [4.78, 5) is 0. The molecule has 0 heterocycles. The van der Waals surface area contributed by atoms with Gasteiger partial charge in [0.15, 0.2) is 0 Å². The van der Waals surface area contributed by atoms with Gasteiger partial charge in [-0.05, 0) is 0 Å². The molecule has 0 aliphatic heterocycles. The summed E-state index contributed by atoms with van der Waals surface area (Å²) in [7, 11) is 2.44. The molecule has 0 saturated heterocycles. The van der Waals surface area contributed by atoms with Gasteiger partial charge in [-0.15, -0.1) is 9.24 Å². The van der Waals surface area contributed by atoms with Gasteiger partial charge in [0.25, 0.3) is 0 Å². The normalized spacial score (nSPS) is 12.0. The number of thiol groups is 3. The Morgan fingerprint density at radius 1 is 1.50 bits per heavy atom. The molecule has 4 heteroatoms. The van der Waals surface area contributed by atoms with Gasteiger partial charge in [0.1, 0.15) is 0 Å². The lowest BCUT2D eigenvalue weighted by atomic mass is 10.9. The maximum absolute atomic E-state index is 4.01. The van der Waals surface area contributed by atoms with Crippen LogP contribution in [0.5, 0.6) is 0 Å². The molecular formula is C2H7PS3. The Balaban J connectivity index is 3.17. The van der Waals surface area contributed by atoms with Crippen LogP contribution in [0.2, 0.25) is 0 Å². The average Bonchev–Trinajstić information content (AvgIpc) is 1.35. The van der Waals surface area contributed by atoms with Crippen LogP contribution in [0, 0.1) is 0 Å². The van der Waals surface area contributed by atoms with Crippen LogP contribution in [-0.4, -0.2) is 9.57 Å². The Bertz CT molecular complexity index is 38.5. The summed E-state index contributed by atoms with van der Waals surface area (Å²) in [6.45, 7) is 0. The molecule has 0 fully saturated rings. The lowest BCUT2D eigenvalue weighted by molar-refractivity contribution is 1.39. The smallest absolute Gasteiger partial charge is 0.0775 e. The van der Waals surface area contributed by atoms with Gasteiger partial charge >= 0.3 is 0 Å². The van der Waals surface area contributed by atoms with E-state index < -0.39 is 0 Å². The van der Waals surface area contributed by atoms with Gasteiger partial charge < -0.3 is 0 Å². The zero-order chi connectivity index (χ0) is 5.21. The molecule has 0 aromatic heterocycles. The highest BCUT2D eigenvalue weighted by molar-refractivity contribution is 8.07. The lowest BCUT2D eigenvalue weighted by Gasteiger charge is -2.09. The first-order valence-corrected chi connectivity index (χ1v) is 3.51. The van der Waals surface area contributed by atoms with E-state index in [9.17, 15) is 0 Å². The summed E-state index contributed by atoms with van der Waals surface area (Å²) >= 11 is 11.9. The van der Waals surface area contributed by atoms with Gasteiger partial charge in [0.05, 0.1) is 3.82 Å². The second-order valence-corrected chi connectivity index (χ2v) is 5.26. The molecule has 6 heavy (non-hydrogen) atoms. The van der Waals surface area contributed by atoms with E-state index in [4.69, 9.17) is 0 Å². The zero-order valence-corrected chi connectivity index (χ0v) is 6.96. The largest absolute Gasteiger partial charge is 0.177 e. The van der Waals surface area contributed by atoms with Crippen molar-refractivity contribution in [2.24, 2.45) is 0 Å².